The molecule has 1 saturated carbocycles. The largest absolute Gasteiger partial charge is 0.274 e. The Kier molecular flexibility index (Phi) is 4.93. The third kappa shape index (κ3) is 2.99. The van der Waals surface area contributed by atoms with E-state index in [9.17, 15) is 19.2 Å². The first-order valence-electron chi connectivity index (χ1n) is 13.9. The molecule has 2 aliphatic heterocycles. The van der Waals surface area contributed by atoms with E-state index in [-0.39, 0.29) is 41.4 Å². The zero-order valence-corrected chi connectivity index (χ0v) is 21.6. The molecule has 0 radical (unpaired) electrons. The van der Waals surface area contributed by atoms with Gasteiger partial charge in [0.15, 0.2) is 0 Å². The van der Waals surface area contributed by atoms with Crippen LogP contribution < -0.4 is 9.80 Å². The first-order chi connectivity index (χ1) is 19.6. The molecule has 9 rings (SSSR count). The predicted molar refractivity (Wildman–Crippen MR) is 149 cm³/mol. The molecule has 196 valence electrons. The predicted octanol–water partition coefficient (Wildman–Crippen LogP) is 4.89. The van der Waals surface area contributed by atoms with Crippen LogP contribution in [-0.2, 0) is 19.2 Å². The van der Waals surface area contributed by atoms with E-state index >= 15 is 0 Å². The van der Waals surface area contributed by atoms with Crippen LogP contribution in [0.1, 0.15) is 12.0 Å². The Balaban J connectivity index is 1.30. The van der Waals surface area contributed by atoms with Gasteiger partial charge in [-0.3, -0.25) is 29.0 Å². The fraction of sp³-hybridized carbons (Fsp3) is 0.235. The molecular weight excluding hydrogens is 500 g/mol. The Labute approximate surface area is 231 Å². The van der Waals surface area contributed by atoms with Crippen LogP contribution >= 0.6 is 0 Å². The minimum Gasteiger partial charge on any atom is -0.274 e. The van der Waals surface area contributed by atoms with Gasteiger partial charge in [-0.05, 0) is 47.7 Å². The highest BCUT2D eigenvalue weighted by Gasteiger charge is 2.67. The number of imide groups is 2. The lowest BCUT2D eigenvalue weighted by molar-refractivity contribution is -0.129. The molecule has 0 unspecified atom stereocenters. The van der Waals surface area contributed by atoms with Gasteiger partial charge in [0.25, 0.3) is 0 Å². The van der Waals surface area contributed by atoms with Crippen molar-refractivity contribution in [2.45, 2.75) is 6.42 Å². The average molecular weight is 527 g/mol. The SMILES string of the molecule is O=C1[C@@H]2[C@@H]3C=C[C@@H](C4=C(c5ccccc5)C[C@H]5C(=O)N(c6ccccc6)C(=O)[C@@H]5[C@H]43)[C@H]2C(=O)N1c1ccccc1. The maximum Gasteiger partial charge on any atom is 0.238 e. The van der Waals surface area contributed by atoms with Crippen molar-refractivity contribution in [2.75, 3.05) is 9.80 Å². The molecule has 6 aliphatic rings. The number of hydrogen-bond acceptors (Lipinski definition) is 4. The van der Waals surface area contributed by atoms with E-state index in [1.807, 2.05) is 72.8 Å². The van der Waals surface area contributed by atoms with E-state index in [0.29, 0.717) is 17.8 Å². The fourth-order valence-corrected chi connectivity index (χ4v) is 8.18. The van der Waals surface area contributed by atoms with Gasteiger partial charge in [0.05, 0.1) is 35.0 Å². The number of anilines is 2. The molecule has 6 nitrogen and oxygen atoms in total. The minimum absolute atomic E-state index is 0.180. The number of fused-ring (bicyclic) bond motifs is 1. The van der Waals surface area contributed by atoms with Gasteiger partial charge in [0, 0.05) is 11.8 Å². The van der Waals surface area contributed by atoms with Crippen molar-refractivity contribution >= 4 is 40.6 Å². The molecule has 0 N–H and O–H groups in total. The fourth-order valence-electron chi connectivity index (χ4n) is 8.18. The second kappa shape index (κ2) is 8.46. The Morgan fingerprint density at radius 3 is 1.68 bits per heavy atom. The number of hydrogen-bond donors (Lipinski definition) is 0. The van der Waals surface area contributed by atoms with Gasteiger partial charge in [-0.1, -0.05) is 84.5 Å². The molecule has 0 aromatic heterocycles. The molecule has 0 spiro atoms. The molecular formula is C34H26N2O4. The molecule has 40 heavy (non-hydrogen) atoms. The van der Waals surface area contributed by atoms with Crippen molar-refractivity contribution in [1.29, 1.82) is 0 Å². The van der Waals surface area contributed by atoms with Crippen molar-refractivity contribution in [3.8, 4) is 0 Å². The molecule has 2 bridgehead atoms. The lowest BCUT2D eigenvalue weighted by atomic mass is 9.49. The topological polar surface area (TPSA) is 74.8 Å². The molecule has 2 heterocycles. The van der Waals surface area contributed by atoms with Crippen molar-refractivity contribution in [3.05, 3.63) is 114 Å². The second-order valence-electron chi connectivity index (χ2n) is 11.4. The number of carbonyl (C=O) groups excluding carboxylic acids is 4. The van der Waals surface area contributed by atoms with E-state index in [1.165, 1.54) is 9.80 Å². The van der Waals surface area contributed by atoms with E-state index in [0.717, 1.165) is 16.7 Å². The summed E-state index contributed by atoms with van der Waals surface area (Å²) in [6.07, 6.45) is 4.57. The molecule has 6 heteroatoms. The summed E-state index contributed by atoms with van der Waals surface area (Å²) in [4.78, 5) is 58.7. The number of benzene rings is 3. The molecule has 3 aromatic rings. The highest BCUT2D eigenvalue weighted by molar-refractivity contribution is 6.24. The molecule has 7 atom stereocenters. The number of rotatable bonds is 3. The summed E-state index contributed by atoms with van der Waals surface area (Å²) < 4.78 is 0. The summed E-state index contributed by atoms with van der Waals surface area (Å²) in [6.45, 7) is 0. The highest BCUT2D eigenvalue weighted by atomic mass is 16.2. The first-order valence-corrected chi connectivity index (χ1v) is 13.9. The lowest BCUT2D eigenvalue weighted by Gasteiger charge is -2.51. The van der Waals surface area contributed by atoms with Crippen LogP contribution in [0.5, 0.6) is 0 Å². The van der Waals surface area contributed by atoms with Crippen molar-refractivity contribution < 1.29 is 19.2 Å². The summed E-state index contributed by atoms with van der Waals surface area (Å²) in [5.41, 5.74) is 4.26. The maximum absolute atomic E-state index is 14.1. The standard InChI is InChI=1S/C34H26N2O4/c37-31-25-18-24(19-10-4-1-5-11-19)26-22-16-17-23(27(26)30(25)34(40)35(31)20-12-6-2-7-13-20)29-28(22)32(38)36(33(29)39)21-14-8-3-9-15-21/h1-17,22-23,25,27-30H,18H2/t22-,23+,25+,27-,28+,29+,30-/m0/s1. The maximum atomic E-state index is 14.1. The van der Waals surface area contributed by atoms with Gasteiger partial charge in [-0.25, -0.2) is 0 Å². The van der Waals surface area contributed by atoms with Gasteiger partial charge in [-0.2, -0.15) is 0 Å². The van der Waals surface area contributed by atoms with Gasteiger partial charge in [-0.15, -0.1) is 0 Å². The Hall–Kier alpha value is -4.58. The summed E-state index contributed by atoms with van der Waals surface area (Å²) in [7, 11) is 0. The van der Waals surface area contributed by atoms with Crippen molar-refractivity contribution in [3.63, 3.8) is 0 Å². The highest BCUT2D eigenvalue weighted by Crippen LogP contribution is 2.63. The van der Waals surface area contributed by atoms with Crippen LogP contribution in [0.3, 0.4) is 0 Å². The number of carbonyl (C=O) groups is 4. The molecule has 4 amide bonds. The summed E-state index contributed by atoms with van der Waals surface area (Å²) >= 11 is 0. The van der Waals surface area contributed by atoms with Crippen LogP contribution in [0.15, 0.2) is 109 Å². The molecule has 4 aliphatic carbocycles. The zero-order valence-electron chi connectivity index (χ0n) is 21.6. The van der Waals surface area contributed by atoms with Gasteiger partial charge in [0.2, 0.25) is 23.6 Å². The second-order valence-corrected chi connectivity index (χ2v) is 11.4. The van der Waals surface area contributed by atoms with E-state index in [1.54, 1.807) is 24.3 Å². The van der Waals surface area contributed by atoms with E-state index in [4.69, 9.17) is 0 Å². The van der Waals surface area contributed by atoms with Gasteiger partial charge >= 0.3 is 0 Å². The summed E-state index contributed by atoms with van der Waals surface area (Å²) in [6, 6.07) is 28.2. The minimum atomic E-state index is -0.567. The Morgan fingerprint density at radius 2 is 1.05 bits per heavy atom. The molecule has 3 aromatic carbocycles. The lowest BCUT2D eigenvalue weighted by Crippen LogP contribution is -2.51. The quantitative estimate of drug-likeness (QED) is 0.360. The van der Waals surface area contributed by atoms with Crippen LogP contribution in [0.4, 0.5) is 11.4 Å². The third-order valence-electron chi connectivity index (χ3n) is 9.66. The Morgan fingerprint density at radius 1 is 0.525 bits per heavy atom. The third-order valence-corrected chi connectivity index (χ3v) is 9.66. The molecule has 2 saturated heterocycles. The van der Waals surface area contributed by atoms with Gasteiger partial charge < -0.3 is 0 Å². The van der Waals surface area contributed by atoms with E-state index < -0.39 is 23.7 Å². The smallest absolute Gasteiger partial charge is 0.238 e. The van der Waals surface area contributed by atoms with Gasteiger partial charge in [0.1, 0.15) is 0 Å². The monoisotopic (exact) mass is 526 g/mol. The van der Waals surface area contributed by atoms with Crippen molar-refractivity contribution in [2.24, 2.45) is 41.4 Å². The van der Waals surface area contributed by atoms with Crippen molar-refractivity contribution in [1.82, 2.24) is 0 Å². The van der Waals surface area contributed by atoms with Crippen LogP contribution in [0.25, 0.3) is 5.57 Å². The van der Waals surface area contributed by atoms with Crippen LogP contribution in [0.2, 0.25) is 0 Å². The summed E-state index contributed by atoms with van der Waals surface area (Å²) in [5.74, 6) is -3.88. The Bertz CT molecular complexity index is 1640. The number of para-hydroxylation sites is 2. The zero-order chi connectivity index (χ0) is 27.1. The number of nitrogens with zero attached hydrogens (tertiary/aromatic N) is 2. The first kappa shape index (κ1) is 23.3. The van der Waals surface area contributed by atoms with E-state index in [2.05, 4.69) is 6.08 Å². The van der Waals surface area contributed by atoms with Crippen LogP contribution in [-0.4, -0.2) is 23.6 Å². The number of allylic oxidation sites excluding steroid dienone is 4. The van der Waals surface area contributed by atoms with Crippen LogP contribution in [0, 0.1) is 41.4 Å². The normalized spacial score (nSPS) is 32.0. The number of amides is 4. The average Bonchev–Trinajstić information content (AvgIpc) is 3.43. The molecule has 3 fully saturated rings. The summed E-state index contributed by atoms with van der Waals surface area (Å²) in [5, 5.41) is 0.